The Labute approximate surface area is 125 Å². The van der Waals surface area contributed by atoms with E-state index >= 15 is 0 Å². The molecule has 1 N–H and O–H groups in total. The fraction of sp³-hybridized carbons (Fsp3) is 0.647. The molecule has 1 aromatic carbocycles. The quantitative estimate of drug-likeness (QED) is 0.836. The molecule has 2 fully saturated rings. The summed E-state index contributed by atoms with van der Waals surface area (Å²) in [5.41, 5.74) is 2.94. The van der Waals surface area contributed by atoms with Crippen molar-refractivity contribution in [2.75, 3.05) is 13.1 Å². The topological polar surface area (TPSA) is 12.0 Å². The second-order valence-corrected chi connectivity index (χ2v) is 7.17. The summed E-state index contributed by atoms with van der Waals surface area (Å²) in [5.74, 6) is 2.59. The molecule has 3 rings (SSSR count). The van der Waals surface area contributed by atoms with Gasteiger partial charge >= 0.3 is 0 Å². The Hall–Kier alpha value is -0.340. The molecule has 0 aromatic heterocycles. The maximum Gasteiger partial charge on any atom is 0.0204 e. The number of halogens is 1. The van der Waals surface area contributed by atoms with Gasteiger partial charge in [0.25, 0.3) is 0 Å². The zero-order valence-electron chi connectivity index (χ0n) is 11.8. The summed E-state index contributed by atoms with van der Waals surface area (Å²) in [6.07, 6.45) is 7.12. The minimum Gasteiger partial charge on any atom is -0.316 e. The molecule has 0 radical (unpaired) electrons. The molecule has 2 aliphatic rings. The van der Waals surface area contributed by atoms with Gasteiger partial charge in [-0.15, -0.1) is 0 Å². The van der Waals surface area contributed by atoms with Crippen LogP contribution in [-0.4, -0.2) is 13.1 Å². The maximum absolute atomic E-state index is 3.63. The van der Waals surface area contributed by atoms with Crippen LogP contribution in [0, 0.1) is 18.8 Å². The fourth-order valence-electron chi connectivity index (χ4n) is 4.08. The second-order valence-electron chi connectivity index (χ2n) is 6.32. The summed E-state index contributed by atoms with van der Waals surface area (Å²) in [4.78, 5) is 0. The summed E-state index contributed by atoms with van der Waals surface area (Å²) in [6.45, 7) is 4.62. The number of nitrogens with one attached hydrogen (secondary N) is 1. The van der Waals surface area contributed by atoms with Gasteiger partial charge in [-0.3, -0.25) is 0 Å². The molecular weight excluding hydrogens is 298 g/mol. The summed E-state index contributed by atoms with van der Waals surface area (Å²) in [6, 6.07) is 6.98. The van der Waals surface area contributed by atoms with Gasteiger partial charge in [0.05, 0.1) is 0 Å². The van der Waals surface area contributed by atoms with Crippen molar-refractivity contribution in [3.05, 3.63) is 33.8 Å². The summed E-state index contributed by atoms with van der Waals surface area (Å²) in [7, 11) is 0. The van der Waals surface area contributed by atoms with E-state index in [1.54, 1.807) is 5.56 Å². The average molecular weight is 322 g/mol. The molecule has 1 aliphatic heterocycles. The van der Waals surface area contributed by atoms with Crippen molar-refractivity contribution in [3.63, 3.8) is 0 Å². The van der Waals surface area contributed by atoms with Crippen LogP contribution < -0.4 is 5.32 Å². The van der Waals surface area contributed by atoms with E-state index in [2.05, 4.69) is 46.4 Å². The first-order valence-electron chi connectivity index (χ1n) is 7.72. The Morgan fingerprint density at radius 1 is 1.16 bits per heavy atom. The summed E-state index contributed by atoms with van der Waals surface area (Å²) < 4.78 is 1.24. The molecule has 1 saturated heterocycles. The predicted molar refractivity (Wildman–Crippen MR) is 84.6 cm³/mol. The Bertz CT molecular complexity index is 437. The predicted octanol–water partition coefficient (Wildman–Crippen LogP) is 4.64. The van der Waals surface area contributed by atoms with E-state index < -0.39 is 0 Å². The highest BCUT2D eigenvalue weighted by Gasteiger charge is 2.34. The van der Waals surface area contributed by atoms with E-state index in [0.717, 1.165) is 17.8 Å². The van der Waals surface area contributed by atoms with Crippen LogP contribution in [0.5, 0.6) is 0 Å². The Balaban J connectivity index is 1.84. The lowest BCUT2D eigenvalue weighted by atomic mass is 9.73. The van der Waals surface area contributed by atoms with Gasteiger partial charge < -0.3 is 5.32 Å². The smallest absolute Gasteiger partial charge is 0.0204 e. The summed E-state index contributed by atoms with van der Waals surface area (Å²) >= 11 is 3.62. The molecule has 0 bridgehead atoms. The number of piperidine rings is 1. The van der Waals surface area contributed by atoms with Crippen LogP contribution in [0.3, 0.4) is 0 Å². The zero-order chi connectivity index (χ0) is 13.2. The van der Waals surface area contributed by atoms with Crippen LogP contribution in [0.2, 0.25) is 0 Å². The largest absolute Gasteiger partial charge is 0.316 e. The van der Waals surface area contributed by atoms with Crippen molar-refractivity contribution < 1.29 is 0 Å². The first-order valence-corrected chi connectivity index (χ1v) is 8.52. The molecule has 1 saturated carbocycles. The lowest BCUT2D eigenvalue weighted by Crippen LogP contribution is -2.38. The fourth-order valence-corrected chi connectivity index (χ4v) is 4.32. The number of rotatable bonds is 2. The van der Waals surface area contributed by atoms with Gasteiger partial charge in [-0.05, 0) is 61.4 Å². The molecule has 2 unspecified atom stereocenters. The normalized spacial score (nSPS) is 28.7. The van der Waals surface area contributed by atoms with Crippen molar-refractivity contribution in [2.24, 2.45) is 11.8 Å². The Kier molecular flexibility index (Phi) is 4.28. The second kappa shape index (κ2) is 5.97. The van der Waals surface area contributed by atoms with E-state index in [0.29, 0.717) is 0 Å². The van der Waals surface area contributed by atoms with Crippen LogP contribution in [0.1, 0.15) is 49.1 Å². The van der Waals surface area contributed by atoms with Gasteiger partial charge in [-0.2, -0.15) is 0 Å². The van der Waals surface area contributed by atoms with Crippen LogP contribution in [-0.2, 0) is 0 Å². The molecule has 2 heteroatoms. The first-order chi connectivity index (χ1) is 9.25. The van der Waals surface area contributed by atoms with E-state index in [9.17, 15) is 0 Å². The minimum absolute atomic E-state index is 0.774. The third kappa shape index (κ3) is 2.90. The van der Waals surface area contributed by atoms with Crippen LogP contribution in [0.4, 0.5) is 0 Å². The van der Waals surface area contributed by atoms with Gasteiger partial charge in [0.2, 0.25) is 0 Å². The van der Waals surface area contributed by atoms with Gasteiger partial charge in [0.15, 0.2) is 0 Å². The van der Waals surface area contributed by atoms with Gasteiger partial charge in [0.1, 0.15) is 0 Å². The van der Waals surface area contributed by atoms with Crippen molar-refractivity contribution in [1.82, 2.24) is 5.32 Å². The van der Waals surface area contributed by atoms with Crippen molar-refractivity contribution in [3.8, 4) is 0 Å². The molecule has 0 spiro atoms. The average Bonchev–Trinajstić information content (AvgIpc) is 2.96. The number of aryl methyl sites for hydroxylation is 1. The van der Waals surface area contributed by atoms with Crippen molar-refractivity contribution >= 4 is 15.9 Å². The zero-order valence-corrected chi connectivity index (χ0v) is 13.4. The monoisotopic (exact) mass is 321 g/mol. The Morgan fingerprint density at radius 2 is 1.95 bits per heavy atom. The van der Waals surface area contributed by atoms with Gasteiger partial charge in [-0.25, -0.2) is 0 Å². The number of hydrogen-bond donors (Lipinski definition) is 1. The molecule has 1 aliphatic carbocycles. The maximum atomic E-state index is 3.63. The third-order valence-corrected chi connectivity index (χ3v) is 6.03. The third-order valence-electron chi connectivity index (χ3n) is 5.14. The first kappa shape index (κ1) is 13.6. The minimum atomic E-state index is 0.774. The van der Waals surface area contributed by atoms with E-state index in [4.69, 9.17) is 0 Å². The molecule has 1 aromatic rings. The Morgan fingerprint density at radius 3 is 2.68 bits per heavy atom. The van der Waals surface area contributed by atoms with Crippen LogP contribution in [0.25, 0.3) is 0 Å². The molecule has 0 amide bonds. The highest BCUT2D eigenvalue weighted by molar-refractivity contribution is 9.10. The molecular formula is C17H24BrN. The highest BCUT2D eigenvalue weighted by atomic mass is 79.9. The standard InChI is InChI=1S/C17H24BrN/c1-12-10-14(6-7-17(12)18)15-8-9-19-11-16(15)13-4-2-3-5-13/h6-7,10,13,15-16,19H,2-5,8-9,11H2,1H3. The van der Waals surface area contributed by atoms with Crippen LogP contribution >= 0.6 is 15.9 Å². The van der Waals surface area contributed by atoms with Crippen molar-refractivity contribution in [1.29, 1.82) is 0 Å². The number of benzene rings is 1. The van der Waals surface area contributed by atoms with Gasteiger partial charge in [0, 0.05) is 4.47 Å². The van der Waals surface area contributed by atoms with E-state index in [1.165, 1.54) is 55.2 Å². The highest BCUT2D eigenvalue weighted by Crippen LogP contribution is 2.42. The van der Waals surface area contributed by atoms with E-state index in [1.807, 2.05) is 0 Å². The molecule has 19 heavy (non-hydrogen) atoms. The molecule has 2 atom stereocenters. The van der Waals surface area contributed by atoms with Gasteiger partial charge in [-0.1, -0.05) is 53.7 Å². The van der Waals surface area contributed by atoms with Crippen molar-refractivity contribution in [2.45, 2.75) is 44.9 Å². The molecule has 1 nitrogen and oxygen atoms in total. The molecule has 1 heterocycles. The summed E-state index contributed by atoms with van der Waals surface area (Å²) in [5, 5.41) is 3.63. The van der Waals surface area contributed by atoms with Crippen LogP contribution in [0.15, 0.2) is 22.7 Å². The molecule has 104 valence electrons. The van der Waals surface area contributed by atoms with E-state index in [-0.39, 0.29) is 0 Å². The lowest BCUT2D eigenvalue weighted by molar-refractivity contribution is 0.231. The SMILES string of the molecule is Cc1cc(C2CCNCC2C2CCCC2)ccc1Br. The number of hydrogen-bond acceptors (Lipinski definition) is 1. The lowest BCUT2D eigenvalue weighted by Gasteiger charge is -2.36.